The monoisotopic (exact) mass is 295 g/mol. The average Bonchev–Trinajstić information content (AvgIpc) is 2.49. The topological polar surface area (TPSA) is 3.24 Å². The predicted octanol–water partition coefficient (Wildman–Crippen LogP) is 5.12. The molecule has 2 fully saturated rings. The summed E-state index contributed by atoms with van der Waals surface area (Å²) >= 11 is 5.93. The third kappa shape index (κ3) is 2.67. The molecule has 1 spiro atoms. The first-order chi connectivity index (χ1) is 9.74. The molecule has 0 atom stereocenters. The molecule has 1 aromatic carbocycles. The summed E-state index contributed by atoms with van der Waals surface area (Å²) in [5, 5.41) is 0. The highest BCUT2D eigenvalue weighted by atomic mass is 35.5. The van der Waals surface area contributed by atoms with E-state index in [9.17, 15) is 4.39 Å². The fourth-order valence-corrected chi connectivity index (χ4v) is 4.26. The Hall–Kier alpha value is -0.760. The van der Waals surface area contributed by atoms with Crippen LogP contribution in [-0.2, 0) is 5.88 Å². The standard InChI is InChI=1S/C17H23ClFN/c18-13-14-15(19)5-4-6-16(14)20-11-9-17(10-12-20)7-2-1-3-8-17/h4-6H,1-3,7-13H2. The van der Waals surface area contributed by atoms with E-state index in [1.807, 2.05) is 6.07 Å². The Morgan fingerprint density at radius 3 is 2.40 bits per heavy atom. The lowest BCUT2D eigenvalue weighted by molar-refractivity contribution is 0.144. The Balaban J connectivity index is 1.73. The molecule has 1 nitrogen and oxygen atoms in total. The minimum absolute atomic E-state index is 0.171. The van der Waals surface area contributed by atoms with Crippen LogP contribution in [0.15, 0.2) is 18.2 Å². The molecule has 0 aromatic heterocycles. The van der Waals surface area contributed by atoms with E-state index in [2.05, 4.69) is 4.90 Å². The minimum Gasteiger partial charge on any atom is -0.371 e. The second-order valence-electron chi connectivity index (χ2n) is 6.42. The van der Waals surface area contributed by atoms with Crippen LogP contribution in [-0.4, -0.2) is 13.1 Å². The number of anilines is 1. The highest BCUT2D eigenvalue weighted by Gasteiger charge is 2.35. The maximum atomic E-state index is 13.8. The number of halogens is 2. The van der Waals surface area contributed by atoms with Gasteiger partial charge in [0.1, 0.15) is 5.82 Å². The summed E-state index contributed by atoms with van der Waals surface area (Å²) < 4.78 is 13.8. The summed E-state index contributed by atoms with van der Waals surface area (Å²) in [6.45, 7) is 2.10. The second kappa shape index (κ2) is 5.93. The van der Waals surface area contributed by atoms with Crippen LogP contribution in [0.25, 0.3) is 0 Å². The first-order valence-corrected chi connectivity index (χ1v) is 8.36. The van der Waals surface area contributed by atoms with Gasteiger partial charge in [-0.25, -0.2) is 4.39 Å². The molecule has 110 valence electrons. The van der Waals surface area contributed by atoms with Crippen molar-refractivity contribution in [2.24, 2.45) is 5.41 Å². The molecule has 1 aromatic rings. The summed E-state index contributed by atoms with van der Waals surface area (Å²) in [6, 6.07) is 5.32. The van der Waals surface area contributed by atoms with Crippen molar-refractivity contribution in [2.75, 3.05) is 18.0 Å². The van der Waals surface area contributed by atoms with Gasteiger partial charge in [0, 0.05) is 24.3 Å². The van der Waals surface area contributed by atoms with Gasteiger partial charge in [0.15, 0.2) is 0 Å². The average molecular weight is 296 g/mol. The quantitative estimate of drug-likeness (QED) is 0.685. The van der Waals surface area contributed by atoms with Crippen molar-refractivity contribution in [3.8, 4) is 0 Å². The van der Waals surface area contributed by atoms with E-state index in [-0.39, 0.29) is 11.7 Å². The van der Waals surface area contributed by atoms with E-state index in [1.165, 1.54) is 51.0 Å². The molecular weight excluding hydrogens is 273 g/mol. The van der Waals surface area contributed by atoms with Crippen molar-refractivity contribution in [1.29, 1.82) is 0 Å². The summed E-state index contributed by atoms with van der Waals surface area (Å²) in [6.07, 6.45) is 9.50. The van der Waals surface area contributed by atoms with Crippen LogP contribution in [0.4, 0.5) is 10.1 Å². The van der Waals surface area contributed by atoms with Gasteiger partial charge in [-0.05, 0) is 43.2 Å². The fraction of sp³-hybridized carbons (Fsp3) is 0.647. The molecule has 0 bridgehead atoms. The maximum Gasteiger partial charge on any atom is 0.129 e. The van der Waals surface area contributed by atoms with Crippen LogP contribution >= 0.6 is 11.6 Å². The van der Waals surface area contributed by atoms with Crippen molar-refractivity contribution < 1.29 is 4.39 Å². The summed E-state index contributed by atoms with van der Waals surface area (Å²) in [5.74, 6) is 0.0827. The van der Waals surface area contributed by atoms with Gasteiger partial charge in [-0.3, -0.25) is 0 Å². The van der Waals surface area contributed by atoms with Crippen LogP contribution in [0.3, 0.4) is 0 Å². The van der Waals surface area contributed by atoms with Crippen molar-refractivity contribution in [3.05, 3.63) is 29.6 Å². The summed E-state index contributed by atoms with van der Waals surface area (Å²) in [5.41, 5.74) is 2.25. The normalized spacial score (nSPS) is 22.2. The third-order valence-corrected chi connectivity index (χ3v) is 5.57. The predicted molar refractivity (Wildman–Crippen MR) is 82.9 cm³/mol. The maximum absolute atomic E-state index is 13.8. The van der Waals surface area contributed by atoms with E-state index >= 15 is 0 Å². The SMILES string of the molecule is Fc1cccc(N2CCC3(CCCCC3)CC2)c1CCl. The Morgan fingerprint density at radius 2 is 1.75 bits per heavy atom. The molecule has 1 saturated carbocycles. The number of hydrogen-bond donors (Lipinski definition) is 0. The summed E-state index contributed by atoms with van der Waals surface area (Å²) in [7, 11) is 0. The number of benzene rings is 1. The molecule has 2 aliphatic rings. The van der Waals surface area contributed by atoms with Crippen molar-refractivity contribution in [3.63, 3.8) is 0 Å². The van der Waals surface area contributed by atoms with Gasteiger partial charge in [-0.15, -0.1) is 11.6 Å². The Kier molecular flexibility index (Phi) is 4.21. The molecule has 1 aliphatic heterocycles. The molecule has 3 heteroatoms. The van der Waals surface area contributed by atoms with Gasteiger partial charge < -0.3 is 4.90 Å². The van der Waals surface area contributed by atoms with Gasteiger partial charge in [0.25, 0.3) is 0 Å². The number of alkyl halides is 1. The number of nitrogens with zero attached hydrogens (tertiary/aromatic N) is 1. The molecule has 1 heterocycles. The van der Waals surface area contributed by atoms with E-state index in [0.29, 0.717) is 11.0 Å². The minimum atomic E-state index is -0.171. The summed E-state index contributed by atoms with van der Waals surface area (Å²) in [4.78, 5) is 2.33. The number of hydrogen-bond acceptors (Lipinski definition) is 1. The third-order valence-electron chi connectivity index (χ3n) is 5.31. The zero-order chi connectivity index (χ0) is 14.0. The smallest absolute Gasteiger partial charge is 0.129 e. The van der Waals surface area contributed by atoms with Gasteiger partial charge in [-0.1, -0.05) is 25.3 Å². The molecule has 0 radical (unpaired) electrons. The number of piperidine rings is 1. The van der Waals surface area contributed by atoms with Crippen LogP contribution < -0.4 is 4.90 Å². The second-order valence-corrected chi connectivity index (χ2v) is 6.69. The van der Waals surface area contributed by atoms with Crippen molar-refractivity contribution >= 4 is 17.3 Å². The highest BCUT2D eigenvalue weighted by molar-refractivity contribution is 6.17. The van der Waals surface area contributed by atoms with Gasteiger partial charge >= 0.3 is 0 Å². The molecule has 1 saturated heterocycles. The largest absolute Gasteiger partial charge is 0.371 e. The molecule has 0 amide bonds. The van der Waals surface area contributed by atoms with Crippen LogP contribution in [0, 0.1) is 11.2 Å². The molecule has 3 rings (SSSR count). The fourth-order valence-electron chi connectivity index (χ4n) is 4.00. The zero-order valence-electron chi connectivity index (χ0n) is 12.0. The van der Waals surface area contributed by atoms with Crippen molar-refractivity contribution in [1.82, 2.24) is 0 Å². The Labute approximate surface area is 126 Å². The molecule has 1 aliphatic carbocycles. The zero-order valence-corrected chi connectivity index (χ0v) is 12.8. The van der Waals surface area contributed by atoms with Crippen LogP contribution in [0.2, 0.25) is 0 Å². The van der Waals surface area contributed by atoms with E-state index in [1.54, 1.807) is 6.07 Å². The van der Waals surface area contributed by atoms with E-state index < -0.39 is 0 Å². The van der Waals surface area contributed by atoms with Crippen LogP contribution in [0.1, 0.15) is 50.5 Å². The lowest BCUT2D eigenvalue weighted by Crippen LogP contribution is -2.41. The molecule has 0 unspecified atom stereocenters. The lowest BCUT2D eigenvalue weighted by Gasteiger charge is -2.45. The molecule has 20 heavy (non-hydrogen) atoms. The number of rotatable bonds is 2. The van der Waals surface area contributed by atoms with E-state index in [4.69, 9.17) is 11.6 Å². The molecular formula is C17H23ClFN. The molecule has 0 N–H and O–H groups in total. The Bertz CT molecular complexity index is 458. The van der Waals surface area contributed by atoms with E-state index in [0.717, 1.165) is 18.8 Å². The van der Waals surface area contributed by atoms with Crippen LogP contribution in [0.5, 0.6) is 0 Å². The Morgan fingerprint density at radius 1 is 1.05 bits per heavy atom. The van der Waals surface area contributed by atoms with Gasteiger partial charge in [0.2, 0.25) is 0 Å². The van der Waals surface area contributed by atoms with Gasteiger partial charge in [0.05, 0.1) is 5.88 Å². The first-order valence-electron chi connectivity index (χ1n) is 7.82. The first kappa shape index (κ1) is 14.2. The highest BCUT2D eigenvalue weighted by Crippen LogP contribution is 2.45. The van der Waals surface area contributed by atoms with Crippen molar-refractivity contribution in [2.45, 2.75) is 50.8 Å². The lowest BCUT2D eigenvalue weighted by atomic mass is 9.68. The van der Waals surface area contributed by atoms with Gasteiger partial charge in [-0.2, -0.15) is 0 Å².